The van der Waals surface area contributed by atoms with Gasteiger partial charge in [0.1, 0.15) is 4.21 Å². The van der Waals surface area contributed by atoms with Crippen LogP contribution in [0.5, 0.6) is 0 Å². The van der Waals surface area contributed by atoms with E-state index in [2.05, 4.69) is 10.3 Å². The molecule has 1 N–H and O–H groups in total. The number of thiazole rings is 1. The molecule has 0 spiro atoms. The van der Waals surface area contributed by atoms with Crippen LogP contribution in [-0.2, 0) is 29.4 Å². The van der Waals surface area contributed by atoms with E-state index < -0.39 is 43.3 Å². The number of carbonyl (C=O) groups excluding carboxylic acids is 2. The number of sulfonamides is 1. The molecule has 0 aliphatic carbocycles. The molecule has 2 aromatic carbocycles. The Morgan fingerprint density at radius 1 is 1.05 bits per heavy atom. The Bertz CT molecular complexity index is 1670. The van der Waals surface area contributed by atoms with Gasteiger partial charge in [-0.3, -0.25) is 20.2 Å². The second kappa shape index (κ2) is 12.0. The number of anilines is 1. The zero-order valence-electron chi connectivity index (χ0n) is 20.5. The Balaban J connectivity index is 1.39. The summed E-state index contributed by atoms with van der Waals surface area (Å²) in [5, 5.41) is 12.9. The fourth-order valence-electron chi connectivity index (χ4n) is 3.74. The molecule has 1 fully saturated rings. The number of piperidine rings is 1. The molecule has 2 heterocycles. The van der Waals surface area contributed by atoms with Crippen molar-refractivity contribution in [2.45, 2.75) is 33.3 Å². The van der Waals surface area contributed by atoms with Crippen molar-refractivity contribution < 1.29 is 36.1 Å². The number of benzene rings is 2. The molecule has 0 bridgehead atoms. The first kappa shape index (κ1) is 29.5. The quantitative estimate of drug-likeness (QED) is 0.209. The number of nitro benzene ring substituents is 1. The molecule has 13 nitrogen and oxygen atoms in total. The molecule has 0 atom stereocenters. The predicted molar refractivity (Wildman–Crippen MR) is 144 cm³/mol. The van der Waals surface area contributed by atoms with E-state index in [4.69, 9.17) is 16.3 Å². The van der Waals surface area contributed by atoms with E-state index in [-0.39, 0.29) is 35.4 Å². The van der Waals surface area contributed by atoms with Crippen LogP contribution in [0.1, 0.15) is 29.6 Å². The van der Waals surface area contributed by atoms with Crippen LogP contribution < -0.4 is 5.32 Å². The van der Waals surface area contributed by atoms with E-state index in [1.807, 2.05) is 0 Å². The van der Waals surface area contributed by atoms with Crippen molar-refractivity contribution in [3.8, 4) is 0 Å². The van der Waals surface area contributed by atoms with E-state index in [1.54, 1.807) is 0 Å². The number of amides is 1. The minimum Gasteiger partial charge on any atom is -0.452 e. The zero-order valence-corrected chi connectivity index (χ0v) is 23.7. The number of hydrogen-bond acceptors (Lipinski definition) is 11. The molecule has 1 amide bonds. The third-order valence-electron chi connectivity index (χ3n) is 5.80. The number of nitrogens with zero attached hydrogens (tertiary/aromatic N) is 3. The highest BCUT2D eigenvalue weighted by Gasteiger charge is 2.28. The number of esters is 1. The summed E-state index contributed by atoms with van der Waals surface area (Å²) in [6, 6.07) is 7.93. The number of rotatable bonds is 9. The van der Waals surface area contributed by atoms with Crippen LogP contribution in [0.25, 0.3) is 0 Å². The van der Waals surface area contributed by atoms with Crippen LogP contribution >= 0.6 is 22.9 Å². The minimum atomic E-state index is -4.06. The summed E-state index contributed by atoms with van der Waals surface area (Å²) in [6.07, 6.45) is 3.42. The van der Waals surface area contributed by atoms with Crippen LogP contribution in [-0.4, -0.2) is 62.6 Å². The summed E-state index contributed by atoms with van der Waals surface area (Å²) in [5.74, 6) is -1.87. The third kappa shape index (κ3) is 6.47. The zero-order chi connectivity index (χ0) is 29.1. The van der Waals surface area contributed by atoms with Crippen LogP contribution in [0.3, 0.4) is 0 Å². The molecule has 3 aromatic rings. The summed E-state index contributed by atoms with van der Waals surface area (Å²) >= 11 is 6.71. The fraction of sp³-hybridized carbons (Fsp3) is 0.261. The van der Waals surface area contributed by atoms with Crippen molar-refractivity contribution >= 4 is 65.5 Å². The number of sulfone groups is 1. The van der Waals surface area contributed by atoms with Crippen molar-refractivity contribution in [2.75, 3.05) is 25.0 Å². The lowest BCUT2D eigenvalue weighted by Gasteiger charge is -2.26. The second-order valence-corrected chi connectivity index (χ2v) is 14.0. The molecule has 0 radical (unpaired) electrons. The van der Waals surface area contributed by atoms with Gasteiger partial charge in [0.15, 0.2) is 11.7 Å². The summed E-state index contributed by atoms with van der Waals surface area (Å²) in [4.78, 5) is 38.6. The van der Waals surface area contributed by atoms with Crippen molar-refractivity contribution in [1.82, 2.24) is 9.29 Å². The van der Waals surface area contributed by atoms with Gasteiger partial charge in [0.2, 0.25) is 19.9 Å². The third-order valence-corrected chi connectivity index (χ3v) is 11.2. The van der Waals surface area contributed by atoms with E-state index in [9.17, 15) is 36.5 Å². The average molecular weight is 629 g/mol. The number of nitrogens with one attached hydrogen (secondary N) is 1. The van der Waals surface area contributed by atoms with Gasteiger partial charge in [-0.2, -0.15) is 4.31 Å². The van der Waals surface area contributed by atoms with Gasteiger partial charge >= 0.3 is 5.97 Å². The first-order valence-electron chi connectivity index (χ1n) is 11.6. The summed E-state index contributed by atoms with van der Waals surface area (Å²) in [6.45, 7) is -0.0423. The highest BCUT2D eigenvalue weighted by molar-refractivity contribution is 7.93. The van der Waals surface area contributed by atoms with Crippen molar-refractivity contribution in [3.05, 3.63) is 69.4 Å². The molecule has 1 aromatic heterocycles. The Kier molecular flexibility index (Phi) is 8.84. The lowest BCUT2D eigenvalue weighted by molar-refractivity contribution is -0.384. The van der Waals surface area contributed by atoms with Gasteiger partial charge in [-0.25, -0.2) is 26.6 Å². The Hall–Kier alpha value is -3.44. The standard InChI is InChI=1S/C23H21ClN4O9S3/c24-19-9-8-17(40(35,36)27-10-2-1-3-11-27)12-18(19)22(30)37-14-20(29)26-23-25-13-21(38-23)39(33,34)16-6-4-15(5-7-16)28(31)32/h4-9,12-13H,1-3,10-11,14H2,(H,25,26,29). The average Bonchev–Trinajstić information content (AvgIpc) is 3.41. The second-order valence-electron chi connectivity index (χ2n) is 8.47. The topological polar surface area (TPSA) is 183 Å². The summed E-state index contributed by atoms with van der Waals surface area (Å²) < 4.78 is 57.5. The lowest BCUT2D eigenvalue weighted by Crippen LogP contribution is -2.35. The minimum absolute atomic E-state index is 0.0657. The molecule has 212 valence electrons. The Morgan fingerprint density at radius 3 is 2.35 bits per heavy atom. The van der Waals surface area contributed by atoms with Gasteiger partial charge in [-0.05, 0) is 43.2 Å². The van der Waals surface area contributed by atoms with Crippen LogP contribution in [0, 0.1) is 10.1 Å². The predicted octanol–water partition coefficient (Wildman–Crippen LogP) is 3.51. The van der Waals surface area contributed by atoms with Crippen molar-refractivity contribution in [1.29, 1.82) is 0 Å². The number of halogens is 1. The van der Waals surface area contributed by atoms with E-state index in [0.29, 0.717) is 24.4 Å². The lowest BCUT2D eigenvalue weighted by atomic mass is 10.2. The monoisotopic (exact) mass is 628 g/mol. The SMILES string of the molecule is O=C(COC(=O)c1cc(S(=O)(=O)N2CCCCC2)ccc1Cl)Nc1ncc(S(=O)(=O)c2ccc([N+](=O)[O-])cc2)s1. The molecule has 1 aliphatic rings. The van der Waals surface area contributed by atoms with Crippen molar-refractivity contribution in [2.24, 2.45) is 0 Å². The van der Waals surface area contributed by atoms with Gasteiger partial charge in [0.05, 0.1) is 31.5 Å². The molecular formula is C23H21ClN4O9S3. The first-order chi connectivity index (χ1) is 18.9. The van der Waals surface area contributed by atoms with Crippen LogP contribution in [0.4, 0.5) is 10.8 Å². The van der Waals surface area contributed by atoms with E-state index >= 15 is 0 Å². The molecule has 0 unspecified atom stereocenters. The molecule has 40 heavy (non-hydrogen) atoms. The summed E-state index contributed by atoms with van der Waals surface area (Å²) in [7, 11) is -7.90. The Labute approximate surface area is 237 Å². The fourth-order valence-corrected chi connectivity index (χ4v) is 7.93. The maximum absolute atomic E-state index is 12.9. The maximum atomic E-state index is 12.9. The highest BCUT2D eigenvalue weighted by Crippen LogP contribution is 2.30. The van der Waals surface area contributed by atoms with Gasteiger partial charge in [0, 0.05) is 25.2 Å². The number of nitro groups is 1. The number of non-ortho nitro benzene ring substituents is 1. The number of ether oxygens (including phenoxy) is 1. The molecule has 1 aliphatic heterocycles. The van der Waals surface area contributed by atoms with Gasteiger partial charge in [-0.1, -0.05) is 29.4 Å². The largest absolute Gasteiger partial charge is 0.452 e. The van der Waals surface area contributed by atoms with Crippen LogP contribution in [0.15, 0.2) is 62.7 Å². The Morgan fingerprint density at radius 2 is 1.70 bits per heavy atom. The van der Waals surface area contributed by atoms with E-state index in [0.717, 1.165) is 55.8 Å². The number of aromatic nitrogens is 1. The molecule has 17 heteroatoms. The van der Waals surface area contributed by atoms with Gasteiger partial charge in [0.25, 0.3) is 11.6 Å². The van der Waals surface area contributed by atoms with Crippen LogP contribution in [0.2, 0.25) is 5.02 Å². The molecule has 0 saturated carbocycles. The highest BCUT2D eigenvalue weighted by atomic mass is 35.5. The van der Waals surface area contributed by atoms with Crippen molar-refractivity contribution in [3.63, 3.8) is 0 Å². The first-order valence-corrected chi connectivity index (χ1v) is 15.7. The summed E-state index contributed by atoms with van der Waals surface area (Å²) in [5.41, 5.74) is -0.513. The number of carbonyl (C=O) groups is 2. The smallest absolute Gasteiger partial charge is 0.340 e. The maximum Gasteiger partial charge on any atom is 0.340 e. The van der Waals surface area contributed by atoms with Gasteiger partial charge < -0.3 is 4.74 Å². The molecule has 4 rings (SSSR count). The van der Waals surface area contributed by atoms with E-state index in [1.165, 1.54) is 16.4 Å². The normalized spacial score (nSPS) is 14.4. The molecule has 1 saturated heterocycles. The number of hydrogen-bond donors (Lipinski definition) is 1. The molecular weight excluding hydrogens is 608 g/mol. The van der Waals surface area contributed by atoms with Gasteiger partial charge in [-0.15, -0.1) is 0 Å².